The van der Waals surface area contributed by atoms with Crippen LogP contribution >= 0.6 is 27.3 Å². The number of rotatable bonds is 8. The molecule has 2 aromatic heterocycles. The Bertz CT molecular complexity index is 1560. The van der Waals surface area contributed by atoms with Crippen LogP contribution in [-0.2, 0) is 16.9 Å². The minimum absolute atomic E-state index is 0.0365. The first-order chi connectivity index (χ1) is 19.3. The topological polar surface area (TPSA) is 77.6 Å². The molecule has 0 aliphatic heterocycles. The number of benzene rings is 2. The molecule has 0 amide bonds. The van der Waals surface area contributed by atoms with E-state index in [2.05, 4.69) is 26.1 Å². The number of hydrogen-bond donors (Lipinski definition) is 1. The number of alkyl halides is 2. The van der Waals surface area contributed by atoms with E-state index in [9.17, 15) is 18.3 Å². The average molecular weight is 636 g/mol. The van der Waals surface area contributed by atoms with E-state index in [1.54, 1.807) is 18.2 Å². The summed E-state index contributed by atoms with van der Waals surface area (Å²) in [5.41, 5.74) is 0.822. The van der Waals surface area contributed by atoms with Crippen LogP contribution in [-0.4, -0.2) is 28.0 Å². The fourth-order valence-corrected chi connectivity index (χ4v) is 8.37. The van der Waals surface area contributed by atoms with Crippen molar-refractivity contribution in [3.05, 3.63) is 63.0 Å². The van der Waals surface area contributed by atoms with Gasteiger partial charge in [0.2, 0.25) is 0 Å². The fourth-order valence-electron chi connectivity index (χ4n) is 6.52. The summed E-state index contributed by atoms with van der Waals surface area (Å²) in [7, 11) is 0. The number of halogens is 4. The summed E-state index contributed by atoms with van der Waals surface area (Å²) < 4.78 is 59.0. The molecular weight excluding hydrogens is 609 g/mol. The zero-order valence-electron chi connectivity index (χ0n) is 21.3. The van der Waals surface area contributed by atoms with Crippen molar-refractivity contribution in [3.63, 3.8) is 0 Å². The van der Waals surface area contributed by atoms with Crippen molar-refractivity contribution < 1.29 is 32.3 Å². The van der Waals surface area contributed by atoms with Gasteiger partial charge < -0.3 is 19.1 Å². The van der Waals surface area contributed by atoms with Crippen LogP contribution in [0.15, 0.2) is 45.4 Å². The first kappa shape index (κ1) is 26.4. The highest BCUT2D eigenvalue weighted by molar-refractivity contribution is 9.10. The molecule has 0 unspecified atom stereocenters. The Kier molecular flexibility index (Phi) is 6.68. The molecule has 210 valence electrons. The number of fused-ring (bicyclic) bond motifs is 3. The molecule has 3 aliphatic rings. The van der Waals surface area contributed by atoms with Crippen LogP contribution in [0.25, 0.3) is 21.5 Å². The smallest absolute Gasteiger partial charge is 0.387 e. The van der Waals surface area contributed by atoms with Gasteiger partial charge in [-0.15, -0.1) is 11.3 Å². The molecule has 1 N–H and O–H groups in total. The second-order valence-electron chi connectivity index (χ2n) is 11.0. The van der Waals surface area contributed by atoms with Crippen molar-refractivity contribution >= 4 is 37.5 Å². The quantitative estimate of drug-likeness (QED) is 0.212. The molecule has 3 saturated carbocycles. The second-order valence-corrected chi connectivity index (χ2v) is 12.9. The van der Waals surface area contributed by atoms with Gasteiger partial charge in [-0.25, -0.2) is 9.37 Å². The van der Waals surface area contributed by atoms with Crippen molar-refractivity contribution in [2.45, 2.75) is 69.4 Å². The van der Waals surface area contributed by atoms with E-state index < -0.39 is 18.0 Å². The van der Waals surface area contributed by atoms with Gasteiger partial charge in [-0.2, -0.15) is 8.78 Å². The zero-order valence-corrected chi connectivity index (χ0v) is 23.7. The predicted molar refractivity (Wildman–Crippen MR) is 146 cm³/mol. The van der Waals surface area contributed by atoms with E-state index in [0.29, 0.717) is 38.3 Å². The molecule has 2 aromatic carbocycles. The average Bonchev–Trinajstić information content (AvgIpc) is 3.49. The van der Waals surface area contributed by atoms with E-state index in [0.717, 1.165) is 37.0 Å². The summed E-state index contributed by atoms with van der Waals surface area (Å²) in [5, 5.41) is 16.8. The van der Waals surface area contributed by atoms with Crippen LogP contribution < -0.4 is 4.74 Å². The maximum absolute atomic E-state index is 14.6. The summed E-state index contributed by atoms with van der Waals surface area (Å²) in [6.45, 7) is -2.74. The molecule has 6 nitrogen and oxygen atoms in total. The molecule has 3 fully saturated rings. The maximum atomic E-state index is 14.6. The highest BCUT2D eigenvalue weighted by Gasteiger charge is 2.56. The predicted octanol–water partition coefficient (Wildman–Crippen LogP) is 7.92. The van der Waals surface area contributed by atoms with Gasteiger partial charge in [0.25, 0.3) is 0 Å². The van der Waals surface area contributed by atoms with Crippen LogP contribution in [0.1, 0.15) is 60.8 Å². The lowest BCUT2D eigenvalue weighted by Crippen LogP contribution is -2.44. The number of aliphatic hydroxyl groups is 1. The normalized spacial score (nSPS) is 26.2. The van der Waals surface area contributed by atoms with Crippen LogP contribution in [0, 0.1) is 17.7 Å². The summed E-state index contributed by atoms with van der Waals surface area (Å²) in [5.74, 6) is 0.488. The number of para-hydroxylation sites is 1. The van der Waals surface area contributed by atoms with Gasteiger partial charge >= 0.3 is 6.61 Å². The summed E-state index contributed by atoms with van der Waals surface area (Å²) in [6, 6.07) is 9.78. The zero-order chi connectivity index (χ0) is 27.6. The van der Waals surface area contributed by atoms with E-state index in [1.165, 1.54) is 23.5 Å². The first-order valence-electron chi connectivity index (χ1n) is 13.4. The number of hydrogen-bond acceptors (Lipinski definition) is 7. The van der Waals surface area contributed by atoms with Crippen LogP contribution in [0.4, 0.5) is 13.2 Å². The third-order valence-electron chi connectivity index (χ3n) is 8.55. The van der Waals surface area contributed by atoms with Gasteiger partial charge in [0.05, 0.1) is 17.4 Å². The number of nitrogens with zero attached hydrogens (tertiary/aromatic N) is 2. The van der Waals surface area contributed by atoms with Crippen LogP contribution in [0.2, 0.25) is 0 Å². The van der Waals surface area contributed by atoms with E-state index in [-0.39, 0.29) is 41.7 Å². The minimum Gasteiger partial charge on any atom is -0.434 e. The minimum atomic E-state index is -2.96. The molecular formula is C29H26BrF3N2O4S. The lowest BCUT2D eigenvalue weighted by atomic mass is 9.73. The van der Waals surface area contributed by atoms with E-state index >= 15 is 0 Å². The van der Waals surface area contributed by atoms with Gasteiger partial charge in [-0.3, -0.25) is 0 Å². The fraction of sp³-hybridized carbons (Fsp3) is 0.448. The van der Waals surface area contributed by atoms with Gasteiger partial charge in [-0.1, -0.05) is 33.2 Å². The standard InChI is InChI=1S/C29H26BrF3N2O4S/c30-17-11-21(31)25-23(12-17)40-27(34-25)29(36)15-7-8-16(29)10-18(9-15)37-13-20-24(35-39-26(20)14-5-6-14)19-3-1-2-4-22(19)38-28(32)33/h1-4,11-12,14-16,18,28,36H,5-10,13H2/t15-,16+,18+,29-. The Balaban J connectivity index is 1.13. The highest BCUT2D eigenvalue weighted by atomic mass is 79.9. The third-order valence-corrected chi connectivity index (χ3v) is 10.1. The molecule has 7 rings (SSSR count). The lowest BCUT2D eigenvalue weighted by molar-refractivity contribution is -0.116. The Labute approximate surface area is 240 Å². The van der Waals surface area contributed by atoms with Gasteiger partial charge in [0, 0.05) is 21.5 Å². The summed E-state index contributed by atoms with van der Waals surface area (Å²) >= 11 is 4.69. The second kappa shape index (κ2) is 10.1. The van der Waals surface area contributed by atoms with Crippen molar-refractivity contribution in [1.82, 2.24) is 10.1 Å². The molecule has 3 aliphatic carbocycles. The van der Waals surface area contributed by atoms with Gasteiger partial charge in [-0.05, 0) is 74.6 Å². The molecule has 4 aromatic rings. The Morgan fingerprint density at radius 3 is 2.60 bits per heavy atom. The maximum Gasteiger partial charge on any atom is 0.387 e. The number of thiazole rings is 1. The molecule has 2 heterocycles. The Morgan fingerprint density at radius 1 is 1.12 bits per heavy atom. The van der Waals surface area contributed by atoms with Crippen molar-refractivity contribution in [2.24, 2.45) is 11.8 Å². The summed E-state index contributed by atoms with van der Waals surface area (Å²) in [4.78, 5) is 4.56. The highest BCUT2D eigenvalue weighted by Crippen LogP contribution is 2.57. The number of aromatic nitrogens is 2. The molecule has 2 bridgehead atoms. The van der Waals surface area contributed by atoms with Crippen LogP contribution in [0.5, 0.6) is 5.75 Å². The van der Waals surface area contributed by atoms with Gasteiger partial charge in [0.15, 0.2) is 5.82 Å². The first-order valence-corrected chi connectivity index (χ1v) is 15.0. The van der Waals surface area contributed by atoms with Crippen molar-refractivity contribution in [3.8, 4) is 17.0 Å². The van der Waals surface area contributed by atoms with Gasteiger partial charge in [0.1, 0.15) is 33.3 Å². The molecule has 0 saturated heterocycles. The molecule has 4 atom stereocenters. The Hall–Kier alpha value is -2.47. The van der Waals surface area contributed by atoms with Crippen LogP contribution in [0.3, 0.4) is 0 Å². The third kappa shape index (κ3) is 4.55. The monoisotopic (exact) mass is 634 g/mol. The molecule has 11 heteroatoms. The Morgan fingerprint density at radius 2 is 1.88 bits per heavy atom. The number of ether oxygens (including phenoxy) is 2. The molecule has 0 radical (unpaired) electrons. The van der Waals surface area contributed by atoms with E-state index in [4.69, 9.17) is 14.0 Å². The summed E-state index contributed by atoms with van der Waals surface area (Å²) in [6.07, 6.45) is 4.81. The van der Waals surface area contributed by atoms with Crippen molar-refractivity contribution in [2.75, 3.05) is 0 Å². The SMILES string of the molecule is O[C@]1(c2nc3c(F)cc(Br)cc3s2)[C@@H]2CC[C@H]1C[C@@H](OCc1c(-c3ccccc3OC(F)F)noc1C1CC1)C2. The lowest BCUT2D eigenvalue weighted by Gasteiger charge is -2.41. The largest absolute Gasteiger partial charge is 0.434 e. The molecule has 40 heavy (non-hydrogen) atoms. The van der Waals surface area contributed by atoms with E-state index in [1.807, 2.05) is 6.07 Å². The van der Waals surface area contributed by atoms with Crippen molar-refractivity contribution in [1.29, 1.82) is 0 Å². The molecule has 0 spiro atoms.